The number of hydrogen-bond acceptors (Lipinski definition) is 5. The molecule has 2 aromatic carbocycles. The highest BCUT2D eigenvalue weighted by atomic mass is 79.9. The molecule has 0 aliphatic carbocycles. The van der Waals surface area contributed by atoms with Crippen molar-refractivity contribution in [3.63, 3.8) is 0 Å². The number of benzene rings is 2. The summed E-state index contributed by atoms with van der Waals surface area (Å²) >= 11 is 5.08. The fourth-order valence-electron chi connectivity index (χ4n) is 2.43. The summed E-state index contributed by atoms with van der Waals surface area (Å²) in [4.78, 5) is 4.75. The molecule has 0 fully saturated rings. The number of thiazole rings is 1. The Morgan fingerprint density at radius 1 is 1.13 bits per heavy atom. The highest BCUT2D eigenvalue weighted by molar-refractivity contribution is 9.10. The number of rotatable bonds is 3. The second-order valence-electron chi connectivity index (χ2n) is 4.95. The molecule has 2 heterocycles. The number of aromatic nitrogens is 1. The van der Waals surface area contributed by atoms with Gasteiger partial charge < -0.3 is 14.2 Å². The summed E-state index contributed by atoms with van der Waals surface area (Å²) in [7, 11) is 1.67. The third-order valence-electron chi connectivity index (χ3n) is 3.56. The van der Waals surface area contributed by atoms with Crippen LogP contribution in [0, 0.1) is 0 Å². The lowest BCUT2D eigenvalue weighted by Crippen LogP contribution is -1.92. The van der Waals surface area contributed by atoms with Crippen LogP contribution in [0.2, 0.25) is 0 Å². The van der Waals surface area contributed by atoms with Crippen molar-refractivity contribution in [2.24, 2.45) is 0 Å². The average Bonchev–Trinajstić information content (AvgIpc) is 3.23. The molecule has 1 aliphatic rings. The normalized spacial score (nSPS) is 12.4. The summed E-state index contributed by atoms with van der Waals surface area (Å²) in [5.74, 6) is 2.34. The zero-order valence-corrected chi connectivity index (χ0v) is 14.6. The Labute approximate surface area is 145 Å². The first kappa shape index (κ1) is 14.5. The minimum atomic E-state index is 0.274. The first-order chi connectivity index (χ1) is 11.2. The quantitative estimate of drug-likeness (QED) is 0.633. The van der Waals surface area contributed by atoms with E-state index in [1.54, 1.807) is 18.4 Å². The second-order valence-corrected chi connectivity index (χ2v) is 6.72. The maximum absolute atomic E-state index is 5.44. The van der Waals surface area contributed by atoms with Gasteiger partial charge in [0, 0.05) is 15.4 Å². The van der Waals surface area contributed by atoms with Crippen molar-refractivity contribution < 1.29 is 14.2 Å². The first-order valence-corrected chi connectivity index (χ1v) is 8.61. The molecule has 0 radical (unpaired) electrons. The van der Waals surface area contributed by atoms with Crippen molar-refractivity contribution in [1.82, 2.24) is 4.98 Å². The topological polar surface area (TPSA) is 40.6 Å². The Morgan fingerprint density at radius 3 is 2.87 bits per heavy atom. The van der Waals surface area contributed by atoms with Gasteiger partial charge in [0.25, 0.3) is 0 Å². The van der Waals surface area contributed by atoms with E-state index >= 15 is 0 Å². The first-order valence-electron chi connectivity index (χ1n) is 6.94. The van der Waals surface area contributed by atoms with E-state index < -0.39 is 0 Å². The minimum absolute atomic E-state index is 0.274. The Bertz CT molecular complexity index is 878. The van der Waals surface area contributed by atoms with Gasteiger partial charge in [-0.1, -0.05) is 15.9 Å². The van der Waals surface area contributed by atoms with Gasteiger partial charge in [-0.15, -0.1) is 11.3 Å². The monoisotopic (exact) mass is 389 g/mol. The smallest absolute Gasteiger partial charge is 0.231 e. The number of fused-ring (bicyclic) bond motifs is 1. The number of halogens is 1. The number of hydrogen-bond donors (Lipinski definition) is 0. The third-order valence-corrected chi connectivity index (χ3v) is 4.93. The minimum Gasteiger partial charge on any atom is -0.496 e. The highest BCUT2D eigenvalue weighted by Gasteiger charge is 2.16. The molecule has 0 saturated heterocycles. The van der Waals surface area contributed by atoms with Crippen molar-refractivity contribution in [1.29, 1.82) is 0 Å². The molecule has 0 bridgehead atoms. The molecule has 0 amide bonds. The van der Waals surface area contributed by atoms with Gasteiger partial charge in [0.05, 0.1) is 18.4 Å². The lowest BCUT2D eigenvalue weighted by atomic mass is 10.1. The lowest BCUT2D eigenvalue weighted by Gasteiger charge is -2.06. The van der Waals surface area contributed by atoms with Crippen LogP contribution in [0.5, 0.6) is 17.2 Å². The summed E-state index contributed by atoms with van der Waals surface area (Å²) in [6, 6.07) is 11.8. The summed E-state index contributed by atoms with van der Waals surface area (Å²) < 4.78 is 17.2. The van der Waals surface area contributed by atoms with E-state index in [0.29, 0.717) is 0 Å². The van der Waals surface area contributed by atoms with Gasteiger partial charge >= 0.3 is 0 Å². The molecule has 4 rings (SSSR count). The molecule has 1 aliphatic heterocycles. The molecular formula is C17H12BrNO3S. The predicted octanol–water partition coefficient (Wildman–Crippen LogP) is 4.98. The summed E-state index contributed by atoms with van der Waals surface area (Å²) in [6.07, 6.45) is 0. The molecule has 116 valence electrons. The lowest BCUT2D eigenvalue weighted by molar-refractivity contribution is 0.174. The molecule has 0 spiro atoms. The van der Waals surface area contributed by atoms with E-state index in [1.807, 2.05) is 41.8 Å². The van der Waals surface area contributed by atoms with E-state index in [2.05, 4.69) is 15.9 Å². The number of methoxy groups -OCH3 is 1. The SMILES string of the molecule is COc1ccc(Br)cc1-c1nc(-c2ccc3c(c2)OCO3)cs1. The molecular weight excluding hydrogens is 378 g/mol. The summed E-state index contributed by atoms with van der Waals surface area (Å²) in [6.45, 7) is 0.274. The fourth-order valence-corrected chi connectivity index (χ4v) is 3.64. The van der Waals surface area contributed by atoms with Crippen molar-refractivity contribution in [2.75, 3.05) is 13.9 Å². The third kappa shape index (κ3) is 2.68. The van der Waals surface area contributed by atoms with Crippen LogP contribution >= 0.6 is 27.3 Å². The van der Waals surface area contributed by atoms with Crippen LogP contribution in [0.1, 0.15) is 0 Å². The van der Waals surface area contributed by atoms with Crippen LogP contribution < -0.4 is 14.2 Å². The number of nitrogens with zero attached hydrogens (tertiary/aromatic N) is 1. The maximum Gasteiger partial charge on any atom is 0.231 e. The molecule has 0 atom stereocenters. The molecule has 0 N–H and O–H groups in total. The zero-order valence-electron chi connectivity index (χ0n) is 12.2. The Kier molecular flexibility index (Phi) is 3.71. The second kappa shape index (κ2) is 5.86. The van der Waals surface area contributed by atoms with Gasteiger partial charge in [-0.2, -0.15) is 0 Å². The van der Waals surface area contributed by atoms with Gasteiger partial charge in [0.15, 0.2) is 11.5 Å². The van der Waals surface area contributed by atoms with Crippen LogP contribution in [0.3, 0.4) is 0 Å². The molecule has 23 heavy (non-hydrogen) atoms. The summed E-state index contributed by atoms with van der Waals surface area (Å²) in [5, 5.41) is 2.95. The van der Waals surface area contributed by atoms with Gasteiger partial charge in [-0.3, -0.25) is 0 Å². The average molecular weight is 390 g/mol. The van der Waals surface area contributed by atoms with Gasteiger partial charge in [0.1, 0.15) is 10.8 Å². The Morgan fingerprint density at radius 2 is 2.00 bits per heavy atom. The van der Waals surface area contributed by atoms with Gasteiger partial charge in [-0.05, 0) is 36.4 Å². The Balaban J connectivity index is 1.74. The molecule has 4 nitrogen and oxygen atoms in total. The standard InChI is InChI=1S/C17H12BrNO3S/c1-20-14-5-3-11(18)7-12(14)17-19-13(8-23-17)10-2-4-15-16(6-10)22-9-21-15/h2-8H,9H2,1H3. The van der Waals surface area contributed by atoms with Crippen LogP contribution in [0.25, 0.3) is 21.8 Å². The molecule has 0 saturated carbocycles. The molecule has 6 heteroatoms. The van der Waals surface area contributed by atoms with Crippen LogP contribution in [0.4, 0.5) is 0 Å². The van der Waals surface area contributed by atoms with E-state index in [9.17, 15) is 0 Å². The zero-order chi connectivity index (χ0) is 15.8. The largest absolute Gasteiger partial charge is 0.496 e. The van der Waals surface area contributed by atoms with E-state index in [1.165, 1.54) is 0 Å². The molecule has 1 aromatic heterocycles. The van der Waals surface area contributed by atoms with E-state index in [-0.39, 0.29) is 6.79 Å². The number of ether oxygens (including phenoxy) is 3. The van der Waals surface area contributed by atoms with Crippen LogP contribution in [0.15, 0.2) is 46.3 Å². The van der Waals surface area contributed by atoms with Gasteiger partial charge in [0.2, 0.25) is 6.79 Å². The van der Waals surface area contributed by atoms with E-state index in [4.69, 9.17) is 19.2 Å². The van der Waals surface area contributed by atoms with E-state index in [0.717, 1.165) is 43.5 Å². The highest BCUT2D eigenvalue weighted by Crippen LogP contribution is 2.39. The fraction of sp³-hybridized carbons (Fsp3) is 0.118. The molecule has 3 aromatic rings. The van der Waals surface area contributed by atoms with Crippen LogP contribution in [-0.4, -0.2) is 18.9 Å². The predicted molar refractivity (Wildman–Crippen MR) is 93.4 cm³/mol. The molecule has 0 unspecified atom stereocenters. The maximum atomic E-state index is 5.44. The van der Waals surface area contributed by atoms with Crippen molar-refractivity contribution in [3.8, 4) is 39.1 Å². The van der Waals surface area contributed by atoms with Crippen LogP contribution in [-0.2, 0) is 0 Å². The Hall–Kier alpha value is -2.05. The van der Waals surface area contributed by atoms with Gasteiger partial charge in [-0.25, -0.2) is 4.98 Å². The van der Waals surface area contributed by atoms with Crippen molar-refractivity contribution in [2.45, 2.75) is 0 Å². The van der Waals surface area contributed by atoms with Crippen molar-refractivity contribution in [3.05, 3.63) is 46.3 Å². The van der Waals surface area contributed by atoms with Crippen molar-refractivity contribution >= 4 is 27.3 Å². The summed E-state index contributed by atoms with van der Waals surface area (Å²) in [5.41, 5.74) is 2.88.